The lowest BCUT2D eigenvalue weighted by Crippen LogP contribution is -2.32. The molecule has 0 aliphatic carbocycles. The molecule has 0 atom stereocenters. The van der Waals surface area contributed by atoms with Crippen LogP contribution in [-0.4, -0.2) is 42.5 Å². The van der Waals surface area contributed by atoms with Crippen LogP contribution in [0.5, 0.6) is 5.75 Å². The van der Waals surface area contributed by atoms with Crippen LogP contribution in [0, 0.1) is 0 Å². The van der Waals surface area contributed by atoms with E-state index in [0.29, 0.717) is 5.69 Å². The first-order valence-electron chi connectivity index (χ1n) is 9.38. The first-order chi connectivity index (χ1) is 12.8. The molecule has 0 spiro atoms. The Balaban J connectivity index is 1.55. The Morgan fingerprint density at radius 1 is 1.12 bits per heavy atom. The second kappa shape index (κ2) is 9.22. The molecule has 1 aromatic heterocycles. The Morgan fingerprint density at radius 3 is 2.54 bits per heavy atom. The Labute approximate surface area is 155 Å². The third kappa shape index (κ3) is 4.97. The van der Waals surface area contributed by atoms with Gasteiger partial charge in [0.1, 0.15) is 11.4 Å². The molecule has 5 heteroatoms. The lowest BCUT2D eigenvalue weighted by Gasteiger charge is -2.20. The van der Waals surface area contributed by atoms with E-state index in [9.17, 15) is 4.79 Å². The smallest absolute Gasteiger partial charge is 0.272 e. The summed E-state index contributed by atoms with van der Waals surface area (Å²) in [5, 5.41) is 3.39. The van der Waals surface area contributed by atoms with E-state index in [-0.39, 0.29) is 5.91 Å². The number of amides is 1. The van der Waals surface area contributed by atoms with Crippen LogP contribution in [0.1, 0.15) is 41.7 Å². The maximum absolute atomic E-state index is 12.7. The van der Waals surface area contributed by atoms with Crippen LogP contribution in [0.4, 0.5) is 5.69 Å². The largest absolute Gasteiger partial charge is 0.497 e. The first-order valence-corrected chi connectivity index (χ1v) is 9.38. The van der Waals surface area contributed by atoms with E-state index < -0.39 is 0 Å². The van der Waals surface area contributed by atoms with E-state index >= 15 is 0 Å². The zero-order chi connectivity index (χ0) is 18.2. The van der Waals surface area contributed by atoms with Crippen LogP contribution in [0.25, 0.3) is 0 Å². The molecule has 0 radical (unpaired) electrons. The number of likely N-dealkylation sites (tertiary alicyclic amines) is 1. The first kappa shape index (κ1) is 18.2. The number of rotatable bonds is 6. The van der Waals surface area contributed by atoms with E-state index in [1.807, 2.05) is 29.2 Å². The molecule has 2 heterocycles. The third-order valence-corrected chi connectivity index (χ3v) is 4.77. The van der Waals surface area contributed by atoms with Crippen molar-refractivity contribution in [2.45, 2.75) is 32.1 Å². The number of aromatic nitrogens is 1. The van der Waals surface area contributed by atoms with Gasteiger partial charge in [-0.25, -0.2) is 0 Å². The fourth-order valence-corrected chi connectivity index (χ4v) is 3.24. The molecule has 5 nitrogen and oxygen atoms in total. The highest BCUT2D eigenvalue weighted by molar-refractivity contribution is 5.93. The maximum Gasteiger partial charge on any atom is 0.272 e. The van der Waals surface area contributed by atoms with Gasteiger partial charge in [0.25, 0.3) is 5.91 Å². The van der Waals surface area contributed by atoms with Crippen molar-refractivity contribution < 1.29 is 9.53 Å². The summed E-state index contributed by atoms with van der Waals surface area (Å²) >= 11 is 0. The molecule has 1 aromatic carbocycles. The monoisotopic (exact) mass is 353 g/mol. The highest BCUT2D eigenvalue weighted by atomic mass is 16.5. The number of methoxy groups -OCH3 is 1. The van der Waals surface area contributed by atoms with E-state index in [0.717, 1.165) is 50.3 Å². The zero-order valence-corrected chi connectivity index (χ0v) is 15.4. The normalized spacial score (nSPS) is 14.6. The summed E-state index contributed by atoms with van der Waals surface area (Å²) < 4.78 is 5.18. The van der Waals surface area contributed by atoms with E-state index in [2.05, 4.69) is 22.4 Å². The predicted octanol–water partition coefficient (Wildman–Crippen LogP) is 3.76. The molecule has 2 aromatic rings. The zero-order valence-electron chi connectivity index (χ0n) is 15.4. The van der Waals surface area contributed by atoms with Gasteiger partial charge in [0.2, 0.25) is 0 Å². The van der Waals surface area contributed by atoms with Crippen LogP contribution < -0.4 is 10.1 Å². The summed E-state index contributed by atoms with van der Waals surface area (Å²) in [5.74, 6) is 0.915. The molecule has 1 amide bonds. The van der Waals surface area contributed by atoms with E-state index in [1.54, 1.807) is 13.3 Å². The summed E-state index contributed by atoms with van der Waals surface area (Å²) in [6.45, 7) is 2.49. The van der Waals surface area contributed by atoms with Crippen molar-refractivity contribution in [2.24, 2.45) is 0 Å². The summed E-state index contributed by atoms with van der Waals surface area (Å²) in [6.07, 6.45) is 7.22. The molecule has 0 bridgehead atoms. The molecular weight excluding hydrogens is 326 g/mol. The Bertz CT molecular complexity index is 707. The van der Waals surface area contributed by atoms with Gasteiger partial charge < -0.3 is 15.0 Å². The van der Waals surface area contributed by atoms with Gasteiger partial charge in [0.15, 0.2) is 0 Å². The van der Waals surface area contributed by atoms with E-state index in [4.69, 9.17) is 4.74 Å². The second-order valence-electron chi connectivity index (χ2n) is 6.66. The van der Waals surface area contributed by atoms with Crippen molar-refractivity contribution in [3.8, 4) is 5.75 Å². The highest BCUT2D eigenvalue weighted by Crippen LogP contribution is 2.15. The molecule has 1 aliphatic heterocycles. The number of nitrogens with zero attached hydrogens (tertiary/aromatic N) is 2. The van der Waals surface area contributed by atoms with Crippen molar-refractivity contribution in [2.75, 3.05) is 32.1 Å². The minimum Gasteiger partial charge on any atom is -0.497 e. The second-order valence-corrected chi connectivity index (χ2v) is 6.66. The van der Waals surface area contributed by atoms with Crippen molar-refractivity contribution in [1.82, 2.24) is 9.88 Å². The molecule has 1 N–H and O–H groups in total. The molecule has 1 fully saturated rings. The molecule has 1 aliphatic rings. The minimum absolute atomic E-state index is 0.0469. The van der Waals surface area contributed by atoms with Crippen LogP contribution in [0.3, 0.4) is 0 Å². The molecule has 1 saturated heterocycles. The number of hydrogen-bond acceptors (Lipinski definition) is 4. The van der Waals surface area contributed by atoms with Gasteiger partial charge in [-0.3, -0.25) is 9.78 Å². The third-order valence-electron chi connectivity index (χ3n) is 4.77. The molecule has 0 saturated carbocycles. The van der Waals surface area contributed by atoms with Crippen molar-refractivity contribution in [3.05, 3.63) is 53.9 Å². The number of nitrogens with one attached hydrogen (secondary N) is 1. The van der Waals surface area contributed by atoms with Gasteiger partial charge in [-0.15, -0.1) is 0 Å². The molecule has 138 valence electrons. The van der Waals surface area contributed by atoms with E-state index in [1.165, 1.54) is 18.4 Å². The topological polar surface area (TPSA) is 54.5 Å². The van der Waals surface area contributed by atoms with Crippen LogP contribution in [0.15, 0.2) is 42.6 Å². The number of hydrogen-bond donors (Lipinski definition) is 1. The molecule has 26 heavy (non-hydrogen) atoms. The SMILES string of the molecule is COc1ccc(CCNc2ccnc(C(=O)N3CCCCCC3)c2)cc1. The van der Waals surface area contributed by atoms with Crippen LogP contribution >= 0.6 is 0 Å². The number of anilines is 1. The number of carbonyl (C=O) groups excluding carboxylic acids is 1. The summed E-state index contributed by atoms with van der Waals surface area (Å²) in [4.78, 5) is 18.9. The van der Waals surface area contributed by atoms with Gasteiger partial charge in [-0.2, -0.15) is 0 Å². The number of ether oxygens (including phenoxy) is 1. The van der Waals surface area contributed by atoms with Crippen LogP contribution in [-0.2, 0) is 6.42 Å². The average molecular weight is 353 g/mol. The van der Waals surface area contributed by atoms with Crippen molar-refractivity contribution in [3.63, 3.8) is 0 Å². The van der Waals surface area contributed by atoms with Gasteiger partial charge >= 0.3 is 0 Å². The number of pyridine rings is 1. The average Bonchev–Trinajstić information content (AvgIpc) is 2.98. The quantitative estimate of drug-likeness (QED) is 0.859. The maximum atomic E-state index is 12.7. The summed E-state index contributed by atoms with van der Waals surface area (Å²) in [6, 6.07) is 11.9. The van der Waals surface area contributed by atoms with Crippen molar-refractivity contribution in [1.29, 1.82) is 0 Å². The van der Waals surface area contributed by atoms with Gasteiger partial charge in [0.05, 0.1) is 7.11 Å². The lowest BCUT2D eigenvalue weighted by atomic mass is 10.1. The van der Waals surface area contributed by atoms with Crippen LogP contribution in [0.2, 0.25) is 0 Å². The number of benzene rings is 1. The van der Waals surface area contributed by atoms with Gasteiger partial charge in [0, 0.05) is 31.5 Å². The Kier molecular flexibility index (Phi) is 6.47. The van der Waals surface area contributed by atoms with Gasteiger partial charge in [-0.1, -0.05) is 25.0 Å². The summed E-state index contributed by atoms with van der Waals surface area (Å²) in [7, 11) is 1.67. The highest BCUT2D eigenvalue weighted by Gasteiger charge is 2.18. The predicted molar refractivity (Wildman–Crippen MR) is 104 cm³/mol. The summed E-state index contributed by atoms with van der Waals surface area (Å²) in [5.41, 5.74) is 2.71. The Hall–Kier alpha value is -2.56. The molecule has 3 rings (SSSR count). The molecular formula is C21H27N3O2. The fourth-order valence-electron chi connectivity index (χ4n) is 3.24. The lowest BCUT2D eigenvalue weighted by molar-refractivity contribution is 0.0756. The van der Waals surface area contributed by atoms with Crippen molar-refractivity contribution >= 4 is 11.6 Å². The minimum atomic E-state index is 0.0469. The fraction of sp³-hybridized carbons (Fsp3) is 0.429. The Morgan fingerprint density at radius 2 is 1.85 bits per heavy atom. The standard InChI is InChI=1S/C21H27N3O2/c1-26-19-8-6-17(7-9-19)10-12-22-18-11-13-23-20(16-18)21(25)24-14-4-2-3-5-15-24/h6-9,11,13,16H,2-5,10,12,14-15H2,1H3,(H,22,23). The molecule has 0 unspecified atom stereocenters. The number of carbonyl (C=O) groups is 1. The van der Waals surface area contributed by atoms with Gasteiger partial charge in [-0.05, 0) is 49.1 Å².